The van der Waals surface area contributed by atoms with Crippen molar-refractivity contribution < 1.29 is 14.2 Å². The van der Waals surface area contributed by atoms with E-state index in [1.165, 1.54) is 12.2 Å². The lowest BCUT2D eigenvalue weighted by atomic mass is 10.1. The second kappa shape index (κ2) is 8.35. The van der Waals surface area contributed by atoms with Gasteiger partial charge in [-0.2, -0.15) is 4.98 Å². The number of phenols is 1. The summed E-state index contributed by atoms with van der Waals surface area (Å²) in [6.07, 6.45) is 9.48. The van der Waals surface area contributed by atoms with Gasteiger partial charge in [0.05, 0.1) is 11.9 Å². The van der Waals surface area contributed by atoms with Crippen LogP contribution < -0.4 is 0 Å². The zero-order valence-corrected chi connectivity index (χ0v) is 17.2. The molecule has 1 N–H and O–H groups in total. The van der Waals surface area contributed by atoms with Crippen LogP contribution in [0.1, 0.15) is 24.6 Å². The number of halogens is 1. The Labute approximate surface area is 183 Å². The van der Waals surface area contributed by atoms with Gasteiger partial charge < -0.3 is 14.4 Å². The van der Waals surface area contributed by atoms with Crippen molar-refractivity contribution in [1.82, 2.24) is 29.1 Å². The molecule has 9 heteroatoms. The Kier molecular flexibility index (Phi) is 5.24. The largest absolute Gasteiger partial charge is 0.508 e. The van der Waals surface area contributed by atoms with Crippen molar-refractivity contribution in [2.75, 3.05) is 13.2 Å². The van der Waals surface area contributed by atoms with E-state index in [9.17, 15) is 9.50 Å². The van der Waals surface area contributed by atoms with E-state index in [0.717, 1.165) is 24.2 Å². The fourth-order valence-corrected chi connectivity index (χ4v) is 3.82. The Hall–Kier alpha value is -3.85. The zero-order valence-electron chi connectivity index (χ0n) is 17.2. The maximum atomic E-state index is 12.9. The van der Waals surface area contributed by atoms with E-state index < -0.39 is 5.83 Å². The number of hydrogen-bond acceptors (Lipinski definition) is 6. The minimum absolute atomic E-state index is 0.178. The summed E-state index contributed by atoms with van der Waals surface area (Å²) >= 11 is 0. The van der Waals surface area contributed by atoms with Gasteiger partial charge in [0.25, 0.3) is 0 Å². The summed E-state index contributed by atoms with van der Waals surface area (Å²) in [5.74, 6) is 0.869. The van der Waals surface area contributed by atoms with Crippen molar-refractivity contribution in [3.8, 4) is 23.1 Å². The lowest BCUT2D eigenvalue weighted by Crippen LogP contribution is -2.20. The van der Waals surface area contributed by atoms with Gasteiger partial charge in [0.1, 0.15) is 29.2 Å². The van der Waals surface area contributed by atoms with Gasteiger partial charge in [-0.05, 0) is 49.3 Å². The summed E-state index contributed by atoms with van der Waals surface area (Å²) in [7, 11) is 0. The third-order valence-corrected chi connectivity index (χ3v) is 5.37. The molecule has 1 aliphatic rings. The molecule has 8 nitrogen and oxygen atoms in total. The van der Waals surface area contributed by atoms with Gasteiger partial charge in [0.2, 0.25) is 5.95 Å². The van der Waals surface area contributed by atoms with Crippen molar-refractivity contribution in [2.24, 2.45) is 0 Å². The third-order valence-electron chi connectivity index (χ3n) is 5.37. The van der Waals surface area contributed by atoms with Crippen molar-refractivity contribution in [3.63, 3.8) is 0 Å². The first kappa shape index (κ1) is 20.1. The first-order valence-electron chi connectivity index (χ1n) is 10.3. The average molecular weight is 432 g/mol. The highest BCUT2D eigenvalue weighted by atomic mass is 19.1. The van der Waals surface area contributed by atoms with Gasteiger partial charge in [-0.3, -0.25) is 4.57 Å². The number of rotatable bonds is 5. The van der Waals surface area contributed by atoms with E-state index in [1.54, 1.807) is 35.4 Å². The molecule has 0 aliphatic carbocycles. The maximum Gasteiger partial charge on any atom is 0.237 e. The highest BCUT2D eigenvalue weighted by Gasteiger charge is 2.24. The molecule has 0 bridgehead atoms. The predicted octanol–water partition coefficient (Wildman–Crippen LogP) is 4.23. The molecule has 1 saturated heterocycles. The monoisotopic (exact) mass is 432 g/mol. The van der Waals surface area contributed by atoms with Crippen LogP contribution in [-0.4, -0.2) is 47.4 Å². The highest BCUT2D eigenvalue weighted by molar-refractivity contribution is 5.77. The Balaban J connectivity index is 1.61. The lowest BCUT2D eigenvalue weighted by Gasteiger charge is -2.25. The quantitative estimate of drug-likeness (QED) is 0.475. The number of hydrogen-bond donors (Lipinski definition) is 1. The number of imidazole rings is 2. The maximum absolute atomic E-state index is 12.9. The van der Waals surface area contributed by atoms with Crippen LogP contribution in [0.3, 0.4) is 0 Å². The van der Waals surface area contributed by atoms with Crippen molar-refractivity contribution >= 4 is 17.2 Å². The summed E-state index contributed by atoms with van der Waals surface area (Å²) in [4.78, 5) is 18.3. The van der Waals surface area contributed by atoms with Crippen LogP contribution in [-0.2, 0) is 4.74 Å². The van der Waals surface area contributed by atoms with Gasteiger partial charge in [0, 0.05) is 31.0 Å². The molecule has 3 aromatic heterocycles. The molecule has 0 amide bonds. The Morgan fingerprint density at radius 3 is 2.69 bits per heavy atom. The summed E-state index contributed by atoms with van der Waals surface area (Å²) in [5.41, 5.74) is 2.84. The summed E-state index contributed by atoms with van der Waals surface area (Å²) in [6.45, 7) is 4.56. The molecule has 1 fully saturated rings. The number of phenolic OH excluding ortho intramolecular Hbond substituents is 1. The molecule has 5 rings (SSSR count). The molecule has 0 atom stereocenters. The van der Waals surface area contributed by atoms with E-state index in [-0.39, 0.29) is 11.8 Å². The van der Waals surface area contributed by atoms with Gasteiger partial charge in [-0.1, -0.05) is 6.58 Å². The summed E-state index contributed by atoms with van der Waals surface area (Å²) < 4.78 is 22.3. The van der Waals surface area contributed by atoms with E-state index in [1.807, 2.05) is 12.1 Å². The number of benzene rings is 1. The number of aromatic nitrogens is 6. The topological polar surface area (TPSA) is 90.9 Å². The van der Waals surface area contributed by atoms with Crippen LogP contribution in [0.4, 0.5) is 4.39 Å². The molecule has 32 heavy (non-hydrogen) atoms. The number of allylic oxidation sites excluding steroid dienone is 2. The Morgan fingerprint density at radius 1 is 1.16 bits per heavy atom. The van der Waals surface area contributed by atoms with Crippen molar-refractivity contribution in [2.45, 2.75) is 18.9 Å². The molecular formula is C23H21FN6O2. The molecule has 162 valence electrons. The second-order valence-electron chi connectivity index (χ2n) is 7.56. The fraction of sp³-hybridized carbons (Fsp3) is 0.217. The predicted molar refractivity (Wildman–Crippen MR) is 118 cm³/mol. The zero-order chi connectivity index (χ0) is 22.1. The molecule has 4 aromatic rings. The minimum Gasteiger partial charge on any atom is -0.508 e. The van der Waals surface area contributed by atoms with Gasteiger partial charge in [-0.15, -0.1) is 0 Å². The highest BCUT2D eigenvalue weighted by Crippen LogP contribution is 2.32. The number of ether oxygens (including phenoxy) is 1. The smallest absolute Gasteiger partial charge is 0.237 e. The van der Waals surface area contributed by atoms with E-state index >= 15 is 0 Å². The molecular weight excluding hydrogens is 411 g/mol. The van der Waals surface area contributed by atoms with E-state index in [0.29, 0.717) is 36.0 Å². The molecule has 4 heterocycles. The minimum atomic E-state index is -0.542. The Morgan fingerprint density at radius 2 is 1.94 bits per heavy atom. The second-order valence-corrected chi connectivity index (χ2v) is 7.56. The van der Waals surface area contributed by atoms with E-state index in [2.05, 4.69) is 21.1 Å². The van der Waals surface area contributed by atoms with Crippen LogP contribution in [0.25, 0.3) is 34.6 Å². The van der Waals surface area contributed by atoms with Crippen LogP contribution in [0.5, 0.6) is 5.75 Å². The van der Waals surface area contributed by atoms with Gasteiger partial charge in [0.15, 0.2) is 5.65 Å². The van der Waals surface area contributed by atoms with Crippen LogP contribution in [0, 0.1) is 0 Å². The number of aromatic hydroxyl groups is 1. The molecule has 1 aromatic carbocycles. The average Bonchev–Trinajstić information content (AvgIpc) is 3.43. The summed E-state index contributed by atoms with van der Waals surface area (Å²) in [6, 6.07) is 7.15. The molecule has 0 radical (unpaired) electrons. The molecule has 1 aliphatic heterocycles. The first-order chi connectivity index (χ1) is 15.6. The lowest BCUT2D eigenvalue weighted by molar-refractivity contribution is 0.0708. The molecule has 0 unspecified atom stereocenters. The third kappa shape index (κ3) is 3.90. The van der Waals surface area contributed by atoms with Gasteiger partial charge >= 0.3 is 0 Å². The van der Waals surface area contributed by atoms with Crippen LogP contribution in [0.15, 0.2) is 61.5 Å². The van der Waals surface area contributed by atoms with Crippen molar-refractivity contribution in [3.05, 3.63) is 67.2 Å². The van der Waals surface area contributed by atoms with Crippen LogP contribution >= 0.6 is 0 Å². The SMILES string of the molecule is C=C(F)C=Cc1cn(-c2ncc3nc(-c4ccc(O)cc4)n(C4CCOCC4)c3n2)cn1. The first-order valence-corrected chi connectivity index (χ1v) is 10.3. The van der Waals surface area contributed by atoms with Crippen molar-refractivity contribution in [1.29, 1.82) is 0 Å². The van der Waals surface area contributed by atoms with Gasteiger partial charge in [-0.25, -0.2) is 19.3 Å². The van der Waals surface area contributed by atoms with Crippen LogP contribution in [0.2, 0.25) is 0 Å². The Bertz CT molecular complexity index is 1300. The standard InChI is InChI=1S/C23H21FN6O2/c1-15(24)2-5-17-13-29(14-26-17)23-25-12-20-22(28-23)30(18-8-10-32-11-9-18)21(27-20)16-3-6-19(31)7-4-16/h2-7,12-14,18,31H,1,8-11H2. The summed E-state index contributed by atoms with van der Waals surface area (Å²) in [5, 5.41) is 9.69. The van der Waals surface area contributed by atoms with E-state index in [4.69, 9.17) is 14.7 Å². The number of fused-ring (bicyclic) bond motifs is 1. The normalized spacial score (nSPS) is 15.0. The molecule has 0 spiro atoms. The fourth-order valence-electron chi connectivity index (χ4n) is 3.82. The number of nitrogens with zero attached hydrogens (tertiary/aromatic N) is 6. The molecule has 0 saturated carbocycles.